The number of thiophene rings is 1. The Bertz CT molecular complexity index is 693. The van der Waals surface area contributed by atoms with E-state index in [1.807, 2.05) is 44.2 Å². The first kappa shape index (κ1) is 13.8. The number of carbonyl (C=O) groups excluding carboxylic acids is 1. The van der Waals surface area contributed by atoms with E-state index in [4.69, 9.17) is 0 Å². The molecule has 0 spiro atoms. The lowest BCUT2D eigenvalue weighted by atomic mass is 9.85. The van der Waals surface area contributed by atoms with Crippen molar-refractivity contribution in [3.63, 3.8) is 0 Å². The Balaban J connectivity index is 2.02. The van der Waals surface area contributed by atoms with Gasteiger partial charge in [-0.1, -0.05) is 6.07 Å². The zero-order chi connectivity index (χ0) is 14.5. The smallest absolute Gasteiger partial charge is 0.234 e. The minimum absolute atomic E-state index is 0.00184. The largest absolute Gasteiger partial charge is 0.383 e. The zero-order valence-electron chi connectivity index (χ0n) is 11.1. The number of aliphatic hydroxyl groups is 1. The van der Waals surface area contributed by atoms with Gasteiger partial charge in [0.1, 0.15) is 6.10 Å². The molecule has 2 heterocycles. The predicted octanol–water partition coefficient (Wildman–Crippen LogP) is 3.82. The summed E-state index contributed by atoms with van der Waals surface area (Å²) in [5, 5.41) is 13.3. The fraction of sp³-hybridized carbons (Fsp3) is 0.267. The van der Waals surface area contributed by atoms with Gasteiger partial charge in [0.2, 0.25) is 5.91 Å². The Morgan fingerprint density at radius 2 is 2.05 bits per heavy atom. The maximum atomic E-state index is 11.9. The number of halogens is 1. The molecule has 104 valence electrons. The molecule has 0 saturated heterocycles. The molecule has 0 saturated carbocycles. The van der Waals surface area contributed by atoms with Gasteiger partial charge >= 0.3 is 0 Å². The average molecular weight is 352 g/mol. The molecule has 0 fully saturated rings. The summed E-state index contributed by atoms with van der Waals surface area (Å²) in [6.45, 7) is 3.79. The van der Waals surface area contributed by atoms with Crippen LogP contribution in [0, 0.1) is 0 Å². The van der Waals surface area contributed by atoms with Crippen LogP contribution in [0.5, 0.6) is 0 Å². The molecule has 5 heteroatoms. The van der Waals surface area contributed by atoms with E-state index in [1.165, 1.54) is 11.3 Å². The third kappa shape index (κ3) is 2.10. The van der Waals surface area contributed by atoms with Crippen LogP contribution in [0.4, 0.5) is 5.69 Å². The fourth-order valence-electron chi connectivity index (χ4n) is 2.40. The molecule has 2 N–H and O–H groups in total. The van der Waals surface area contributed by atoms with Crippen molar-refractivity contribution in [3.8, 4) is 0 Å². The average Bonchev–Trinajstić information content (AvgIpc) is 2.92. The number of anilines is 1. The molecule has 0 bridgehead atoms. The minimum Gasteiger partial charge on any atom is -0.383 e. The van der Waals surface area contributed by atoms with Crippen LogP contribution < -0.4 is 5.32 Å². The number of aliphatic hydroxyl groups excluding tert-OH is 1. The van der Waals surface area contributed by atoms with Crippen molar-refractivity contribution >= 4 is 38.9 Å². The first-order valence-corrected chi connectivity index (χ1v) is 7.90. The molecule has 1 aliphatic heterocycles. The molecule has 1 amide bonds. The van der Waals surface area contributed by atoms with E-state index in [-0.39, 0.29) is 5.91 Å². The van der Waals surface area contributed by atoms with E-state index < -0.39 is 11.5 Å². The number of nitrogens with one attached hydrogen (secondary N) is 1. The van der Waals surface area contributed by atoms with E-state index in [2.05, 4.69) is 21.2 Å². The second-order valence-corrected chi connectivity index (χ2v) is 7.92. The van der Waals surface area contributed by atoms with Crippen LogP contribution in [0.15, 0.2) is 34.1 Å². The van der Waals surface area contributed by atoms with Gasteiger partial charge in [-0.15, -0.1) is 11.3 Å². The Morgan fingerprint density at radius 1 is 1.30 bits per heavy atom. The summed E-state index contributed by atoms with van der Waals surface area (Å²) in [6, 6.07) is 9.47. The summed E-state index contributed by atoms with van der Waals surface area (Å²) < 4.78 is 0.991. The van der Waals surface area contributed by atoms with Gasteiger partial charge in [0.05, 0.1) is 9.20 Å². The normalized spacial score (nSPS) is 17.7. The molecular weight excluding hydrogens is 338 g/mol. The third-order valence-electron chi connectivity index (χ3n) is 3.71. The minimum atomic E-state index is -0.664. The maximum Gasteiger partial charge on any atom is 0.234 e. The highest BCUT2D eigenvalue weighted by molar-refractivity contribution is 9.11. The SMILES string of the molecule is CC1(C)C(=O)Nc2ccc(C(O)c3ccc(Br)s3)cc21. The van der Waals surface area contributed by atoms with Gasteiger partial charge in [0.15, 0.2) is 0 Å². The highest BCUT2D eigenvalue weighted by Gasteiger charge is 2.38. The standard InChI is InChI=1S/C15H14BrNO2S/c1-15(2)9-7-8(3-4-10(9)17-14(15)19)13(18)11-5-6-12(16)20-11/h3-7,13,18H,1-2H3,(H,17,19). The molecule has 3 rings (SSSR count). The third-order valence-corrected chi connectivity index (χ3v) is 5.39. The summed E-state index contributed by atoms with van der Waals surface area (Å²) in [7, 11) is 0. The van der Waals surface area contributed by atoms with Gasteiger partial charge in [-0.3, -0.25) is 4.79 Å². The first-order valence-electron chi connectivity index (χ1n) is 6.29. The number of hydrogen-bond donors (Lipinski definition) is 2. The molecule has 2 aromatic rings. The summed E-state index contributed by atoms with van der Waals surface area (Å²) in [6.07, 6.45) is -0.664. The van der Waals surface area contributed by atoms with E-state index in [0.717, 1.165) is 25.5 Å². The Labute approximate surface area is 129 Å². The summed E-state index contributed by atoms with van der Waals surface area (Å²) in [4.78, 5) is 12.8. The first-order chi connectivity index (χ1) is 9.39. The van der Waals surface area contributed by atoms with Crippen molar-refractivity contribution < 1.29 is 9.90 Å². The number of amides is 1. The maximum absolute atomic E-state index is 11.9. The molecule has 1 atom stereocenters. The number of fused-ring (bicyclic) bond motifs is 1. The van der Waals surface area contributed by atoms with Gasteiger partial charge in [-0.2, -0.15) is 0 Å². The van der Waals surface area contributed by atoms with E-state index >= 15 is 0 Å². The lowest BCUT2D eigenvalue weighted by Gasteiger charge is -2.17. The highest BCUT2D eigenvalue weighted by atomic mass is 79.9. The molecule has 0 radical (unpaired) electrons. The Morgan fingerprint density at radius 3 is 2.70 bits per heavy atom. The van der Waals surface area contributed by atoms with Gasteiger partial charge in [-0.25, -0.2) is 0 Å². The Hall–Kier alpha value is -1.17. The predicted molar refractivity (Wildman–Crippen MR) is 84.2 cm³/mol. The molecule has 1 unspecified atom stereocenters. The number of hydrogen-bond acceptors (Lipinski definition) is 3. The van der Waals surface area contributed by atoms with Crippen molar-refractivity contribution in [2.45, 2.75) is 25.4 Å². The van der Waals surface area contributed by atoms with E-state index in [9.17, 15) is 9.90 Å². The second-order valence-electron chi connectivity index (χ2n) is 5.43. The molecule has 3 nitrogen and oxygen atoms in total. The van der Waals surface area contributed by atoms with Crippen molar-refractivity contribution in [1.82, 2.24) is 0 Å². The molecule has 20 heavy (non-hydrogen) atoms. The number of rotatable bonds is 2. The lowest BCUT2D eigenvalue weighted by molar-refractivity contribution is -0.119. The van der Waals surface area contributed by atoms with Crippen LogP contribution >= 0.6 is 27.3 Å². The fourth-order valence-corrected chi connectivity index (χ4v) is 3.84. The molecule has 0 aliphatic carbocycles. The van der Waals surface area contributed by atoms with Crippen LogP contribution in [0.2, 0.25) is 0 Å². The van der Waals surface area contributed by atoms with Crippen molar-refractivity contribution in [2.24, 2.45) is 0 Å². The highest BCUT2D eigenvalue weighted by Crippen LogP contribution is 2.40. The molecule has 1 aromatic carbocycles. The summed E-state index contributed by atoms with van der Waals surface area (Å²) in [5.41, 5.74) is 2.03. The van der Waals surface area contributed by atoms with Crippen LogP contribution in [0.1, 0.15) is 36.0 Å². The van der Waals surface area contributed by atoms with Crippen molar-refractivity contribution in [1.29, 1.82) is 0 Å². The molecule has 1 aromatic heterocycles. The van der Waals surface area contributed by atoms with Crippen molar-refractivity contribution in [2.75, 3.05) is 5.32 Å². The van der Waals surface area contributed by atoms with Crippen molar-refractivity contribution in [3.05, 3.63) is 50.1 Å². The van der Waals surface area contributed by atoms with Gasteiger partial charge < -0.3 is 10.4 Å². The summed E-state index contributed by atoms with van der Waals surface area (Å²) >= 11 is 4.91. The zero-order valence-corrected chi connectivity index (χ0v) is 13.5. The number of carbonyl (C=O) groups is 1. The Kier molecular flexibility index (Phi) is 3.23. The molecular formula is C15H14BrNO2S. The monoisotopic (exact) mass is 351 g/mol. The van der Waals surface area contributed by atoms with Crippen LogP contribution in [-0.2, 0) is 10.2 Å². The second kappa shape index (κ2) is 4.69. The van der Waals surface area contributed by atoms with Crippen LogP contribution in [-0.4, -0.2) is 11.0 Å². The van der Waals surface area contributed by atoms with Crippen LogP contribution in [0.3, 0.4) is 0 Å². The van der Waals surface area contributed by atoms with E-state index in [1.54, 1.807) is 0 Å². The topological polar surface area (TPSA) is 49.3 Å². The lowest BCUT2D eigenvalue weighted by Crippen LogP contribution is -2.26. The van der Waals surface area contributed by atoms with Crippen LogP contribution in [0.25, 0.3) is 0 Å². The number of benzene rings is 1. The van der Waals surface area contributed by atoms with Gasteiger partial charge in [0, 0.05) is 10.6 Å². The molecule has 1 aliphatic rings. The van der Waals surface area contributed by atoms with E-state index in [0.29, 0.717) is 0 Å². The van der Waals surface area contributed by atoms with Gasteiger partial charge in [0.25, 0.3) is 0 Å². The summed E-state index contributed by atoms with van der Waals surface area (Å²) in [5.74, 6) is -0.00184. The van der Waals surface area contributed by atoms with Gasteiger partial charge in [-0.05, 0) is 65.2 Å². The quantitative estimate of drug-likeness (QED) is 0.863.